The van der Waals surface area contributed by atoms with Gasteiger partial charge in [0, 0.05) is 24.4 Å². The quantitative estimate of drug-likeness (QED) is 0.692. The Labute approximate surface area is 187 Å². The van der Waals surface area contributed by atoms with E-state index in [0.717, 1.165) is 56.9 Å². The Kier molecular flexibility index (Phi) is 7.67. The Morgan fingerprint density at radius 3 is 2.42 bits per heavy atom. The number of amides is 1. The van der Waals surface area contributed by atoms with Crippen LogP contribution in [0.3, 0.4) is 0 Å². The predicted octanol–water partition coefficient (Wildman–Crippen LogP) is 5.04. The van der Waals surface area contributed by atoms with Gasteiger partial charge in [0.15, 0.2) is 0 Å². The van der Waals surface area contributed by atoms with Crippen molar-refractivity contribution in [1.29, 1.82) is 0 Å². The zero-order chi connectivity index (χ0) is 21.5. The van der Waals surface area contributed by atoms with Gasteiger partial charge in [-0.2, -0.15) is 0 Å². The van der Waals surface area contributed by atoms with Crippen LogP contribution in [0.2, 0.25) is 0 Å². The first-order valence-electron chi connectivity index (χ1n) is 12.6. The summed E-state index contributed by atoms with van der Waals surface area (Å²) < 4.78 is 0. The molecule has 1 aromatic heterocycles. The molecule has 0 aliphatic heterocycles. The fourth-order valence-electron chi connectivity index (χ4n) is 5.92. The molecule has 0 unspecified atom stereocenters. The number of pyridine rings is 1. The maximum Gasteiger partial charge on any atom is 0.228 e. The monoisotopic (exact) mass is 422 g/mol. The number of nitrogens with zero attached hydrogens (tertiary/aromatic N) is 2. The molecule has 4 nitrogen and oxygen atoms in total. The van der Waals surface area contributed by atoms with Gasteiger partial charge in [-0.15, -0.1) is 0 Å². The minimum Gasteiger partial charge on any atom is -0.393 e. The smallest absolute Gasteiger partial charge is 0.228 e. The fourth-order valence-corrected chi connectivity index (χ4v) is 5.92. The average molecular weight is 423 g/mol. The lowest BCUT2D eigenvalue weighted by atomic mass is 9.77. The lowest BCUT2D eigenvalue weighted by Crippen LogP contribution is -2.58. The first-order valence-corrected chi connectivity index (χ1v) is 12.6. The maximum absolute atomic E-state index is 13.8. The first-order chi connectivity index (χ1) is 15.2. The molecule has 0 spiro atoms. The third kappa shape index (κ3) is 5.69. The first kappa shape index (κ1) is 22.3. The Morgan fingerprint density at radius 1 is 1.03 bits per heavy atom. The molecule has 3 aliphatic carbocycles. The minimum absolute atomic E-state index is 0.186. The van der Waals surface area contributed by atoms with Gasteiger partial charge in [0.25, 0.3) is 0 Å². The van der Waals surface area contributed by atoms with E-state index in [0.29, 0.717) is 12.3 Å². The Hall–Kier alpha value is -1.86. The van der Waals surface area contributed by atoms with Crippen molar-refractivity contribution in [3.8, 4) is 11.8 Å². The molecule has 1 heterocycles. The molecule has 1 aromatic rings. The van der Waals surface area contributed by atoms with Crippen molar-refractivity contribution >= 4 is 5.91 Å². The summed E-state index contributed by atoms with van der Waals surface area (Å²) in [6, 6.07) is 4.09. The molecule has 1 N–H and O–H groups in total. The van der Waals surface area contributed by atoms with Gasteiger partial charge >= 0.3 is 0 Å². The molecule has 0 bridgehead atoms. The summed E-state index contributed by atoms with van der Waals surface area (Å²) in [4.78, 5) is 20.2. The van der Waals surface area contributed by atoms with Crippen LogP contribution in [0.25, 0.3) is 0 Å². The normalized spacial score (nSPS) is 26.5. The summed E-state index contributed by atoms with van der Waals surface area (Å²) >= 11 is 0. The van der Waals surface area contributed by atoms with Crippen molar-refractivity contribution < 1.29 is 9.90 Å². The lowest BCUT2D eigenvalue weighted by Gasteiger charge is -2.48. The number of hydrogen-bond donors (Lipinski definition) is 1. The fraction of sp³-hybridized carbons (Fsp3) is 0.704. The predicted molar refractivity (Wildman–Crippen MR) is 123 cm³/mol. The van der Waals surface area contributed by atoms with E-state index in [1.807, 2.05) is 18.3 Å². The van der Waals surface area contributed by atoms with E-state index < -0.39 is 0 Å². The molecule has 0 saturated heterocycles. The van der Waals surface area contributed by atoms with Crippen LogP contribution in [0.15, 0.2) is 24.5 Å². The second-order valence-electron chi connectivity index (χ2n) is 9.96. The maximum atomic E-state index is 13.8. The summed E-state index contributed by atoms with van der Waals surface area (Å²) in [6.07, 6.45) is 18.9. The van der Waals surface area contributed by atoms with Gasteiger partial charge in [0.2, 0.25) is 5.91 Å². The average Bonchev–Trinajstić information content (AvgIpc) is 2.81. The highest BCUT2D eigenvalue weighted by Crippen LogP contribution is 2.39. The summed E-state index contributed by atoms with van der Waals surface area (Å²) in [5.74, 6) is 8.12. The molecule has 0 radical (unpaired) electrons. The van der Waals surface area contributed by atoms with Crippen LogP contribution in [0.5, 0.6) is 0 Å². The third-order valence-corrected chi connectivity index (χ3v) is 7.63. The molecule has 3 aliphatic rings. The van der Waals surface area contributed by atoms with Crippen molar-refractivity contribution in [3.05, 3.63) is 30.1 Å². The second-order valence-corrected chi connectivity index (χ2v) is 9.96. The van der Waals surface area contributed by atoms with Crippen LogP contribution in [0.4, 0.5) is 0 Å². The lowest BCUT2D eigenvalue weighted by molar-refractivity contribution is -0.141. The van der Waals surface area contributed by atoms with E-state index in [9.17, 15) is 9.90 Å². The Morgan fingerprint density at radius 2 is 1.74 bits per heavy atom. The van der Waals surface area contributed by atoms with Gasteiger partial charge in [0.05, 0.1) is 12.5 Å². The number of carbonyl (C=O) groups is 1. The standard InChI is InChI=1S/C27H38N2O2/c30-25-13-11-24(12-14-25)29(26(31)20-23-10-7-19-28-21-23)27(16-5-2-6-17-27)18-15-22-8-3-1-4-9-22/h7,10,19,21-22,24-25,30H,1-6,8-9,11-14,16-17,20H2. The van der Waals surface area contributed by atoms with Crippen molar-refractivity contribution in [3.63, 3.8) is 0 Å². The van der Waals surface area contributed by atoms with Crippen LogP contribution < -0.4 is 0 Å². The van der Waals surface area contributed by atoms with E-state index >= 15 is 0 Å². The topological polar surface area (TPSA) is 53.4 Å². The van der Waals surface area contributed by atoms with E-state index in [1.54, 1.807) is 6.20 Å². The van der Waals surface area contributed by atoms with Crippen molar-refractivity contribution in [2.24, 2.45) is 5.92 Å². The summed E-state index contributed by atoms with van der Waals surface area (Å²) in [5.41, 5.74) is 0.640. The minimum atomic E-state index is -0.331. The second kappa shape index (κ2) is 10.6. The zero-order valence-corrected chi connectivity index (χ0v) is 18.9. The number of carbonyl (C=O) groups excluding carboxylic acids is 1. The highest BCUT2D eigenvalue weighted by Gasteiger charge is 2.43. The third-order valence-electron chi connectivity index (χ3n) is 7.63. The molecule has 31 heavy (non-hydrogen) atoms. The summed E-state index contributed by atoms with van der Waals surface area (Å²) in [7, 11) is 0. The molecular weight excluding hydrogens is 384 g/mol. The molecule has 0 atom stereocenters. The molecule has 4 heteroatoms. The number of aromatic nitrogens is 1. The highest BCUT2D eigenvalue weighted by atomic mass is 16.3. The number of rotatable bonds is 4. The molecule has 3 saturated carbocycles. The Bertz CT molecular complexity index is 761. The summed E-state index contributed by atoms with van der Waals surface area (Å²) in [6.45, 7) is 0. The SMILES string of the molecule is O=C(Cc1cccnc1)N(C1CCC(O)CC1)C1(C#CC2CCCCC2)CCCCC1. The van der Waals surface area contributed by atoms with Gasteiger partial charge in [-0.1, -0.05) is 56.4 Å². The van der Waals surface area contributed by atoms with Crippen LogP contribution in [0, 0.1) is 17.8 Å². The van der Waals surface area contributed by atoms with E-state index in [2.05, 4.69) is 21.7 Å². The highest BCUT2D eigenvalue weighted by molar-refractivity contribution is 5.80. The summed E-state index contributed by atoms with van der Waals surface area (Å²) in [5, 5.41) is 10.1. The van der Waals surface area contributed by atoms with Crippen molar-refractivity contribution in [1.82, 2.24) is 9.88 Å². The molecule has 4 rings (SSSR count). The van der Waals surface area contributed by atoms with Gasteiger partial charge in [0.1, 0.15) is 5.54 Å². The van der Waals surface area contributed by atoms with Gasteiger partial charge in [-0.25, -0.2) is 0 Å². The largest absolute Gasteiger partial charge is 0.393 e. The molecule has 3 fully saturated rings. The van der Waals surface area contributed by atoms with Crippen LogP contribution in [-0.4, -0.2) is 38.6 Å². The van der Waals surface area contributed by atoms with Gasteiger partial charge in [-0.3, -0.25) is 9.78 Å². The molecule has 168 valence electrons. The van der Waals surface area contributed by atoms with E-state index in [1.165, 1.54) is 38.5 Å². The van der Waals surface area contributed by atoms with E-state index in [-0.39, 0.29) is 23.6 Å². The zero-order valence-electron chi connectivity index (χ0n) is 18.9. The van der Waals surface area contributed by atoms with Crippen molar-refractivity contribution in [2.45, 2.75) is 114 Å². The Balaban J connectivity index is 1.63. The molecule has 0 aromatic carbocycles. The van der Waals surface area contributed by atoms with Gasteiger partial charge < -0.3 is 10.0 Å². The van der Waals surface area contributed by atoms with Crippen LogP contribution in [-0.2, 0) is 11.2 Å². The molecular formula is C27H38N2O2. The van der Waals surface area contributed by atoms with Crippen LogP contribution in [0.1, 0.15) is 95.5 Å². The van der Waals surface area contributed by atoms with E-state index in [4.69, 9.17) is 0 Å². The number of hydrogen-bond acceptors (Lipinski definition) is 3. The van der Waals surface area contributed by atoms with Crippen LogP contribution >= 0.6 is 0 Å². The molecule has 1 amide bonds. The van der Waals surface area contributed by atoms with Gasteiger partial charge in [-0.05, 0) is 63.0 Å². The number of aliphatic hydroxyl groups excluding tert-OH is 1. The van der Waals surface area contributed by atoms with Crippen molar-refractivity contribution in [2.75, 3.05) is 0 Å². The number of aliphatic hydroxyl groups is 1.